The number of nitrogens with one attached hydrogen (secondary N) is 1. The Morgan fingerprint density at radius 1 is 1.35 bits per heavy atom. The van der Waals surface area contributed by atoms with E-state index in [9.17, 15) is 4.79 Å². The number of carbonyl (C=O) groups is 1. The summed E-state index contributed by atoms with van der Waals surface area (Å²) in [5.74, 6) is 0.875. The predicted octanol–water partition coefficient (Wildman–Crippen LogP) is 2.94. The van der Waals surface area contributed by atoms with Crippen LogP contribution in [0.2, 0.25) is 0 Å². The molecule has 0 fully saturated rings. The van der Waals surface area contributed by atoms with Gasteiger partial charge in [0.15, 0.2) is 5.16 Å². The minimum atomic E-state index is 0.00250. The van der Waals surface area contributed by atoms with Crippen molar-refractivity contribution in [3.63, 3.8) is 0 Å². The van der Waals surface area contributed by atoms with Gasteiger partial charge in [0, 0.05) is 19.7 Å². The normalized spacial score (nSPS) is 12.7. The Morgan fingerprint density at radius 2 is 2.09 bits per heavy atom. The number of amides is 1. The number of methoxy groups -OCH3 is 1. The van der Waals surface area contributed by atoms with Crippen LogP contribution in [-0.4, -0.2) is 41.0 Å². The Balaban J connectivity index is 2.08. The molecule has 0 bridgehead atoms. The van der Waals surface area contributed by atoms with Crippen LogP contribution < -0.4 is 5.32 Å². The summed E-state index contributed by atoms with van der Waals surface area (Å²) in [6, 6.07) is 8.12. The molecule has 1 atom stereocenters. The number of para-hydroxylation sites is 2. The van der Waals surface area contributed by atoms with Crippen molar-refractivity contribution in [1.29, 1.82) is 0 Å². The Labute approximate surface area is 141 Å². The average molecular weight is 335 g/mol. The van der Waals surface area contributed by atoms with Crippen LogP contribution in [0.3, 0.4) is 0 Å². The molecule has 0 saturated carbocycles. The molecular formula is C17H25N3O2S. The maximum absolute atomic E-state index is 12.0. The first-order valence-electron chi connectivity index (χ1n) is 7.87. The lowest BCUT2D eigenvalue weighted by atomic mass is 10.2. The second-order valence-electron chi connectivity index (χ2n) is 6.10. The number of aromatic nitrogens is 2. The van der Waals surface area contributed by atoms with Gasteiger partial charge in [-0.1, -0.05) is 37.7 Å². The van der Waals surface area contributed by atoms with E-state index in [1.54, 1.807) is 7.11 Å². The highest BCUT2D eigenvalue weighted by Crippen LogP contribution is 2.25. The van der Waals surface area contributed by atoms with Gasteiger partial charge in [0.2, 0.25) is 5.91 Å². The van der Waals surface area contributed by atoms with Gasteiger partial charge >= 0.3 is 0 Å². The monoisotopic (exact) mass is 335 g/mol. The van der Waals surface area contributed by atoms with Gasteiger partial charge in [-0.2, -0.15) is 0 Å². The number of ether oxygens (including phenoxy) is 1. The molecular weight excluding hydrogens is 310 g/mol. The van der Waals surface area contributed by atoms with Gasteiger partial charge in [0.05, 0.1) is 23.4 Å². The minimum Gasteiger partial charge on any atom is -0.383 e. The van der Waals surface area contributed by atoms with Crippen LogP contribution in [0.1, 0.15) is 20.8 Å². The van der Waals surface area contributed by atoms with Crippen molar-refractivity contribution in [2.45, 2.75) is 38.5 Å². The summed E-state index contributed by atoms with van der Waals surface area (Å²) in [6.45, 7) is 7.71. The third-order valence-corrected chi connectivity index (χ3v) is 4.30. The second-order valence-corrected chi connectivity index (χ2v) is 7.04. The Morgan fingerprint density at radius 3 is 2.78 bits per heavy atom. The number of nitrogens with zero attached hydrogens (tertiary/aromatic N) is 2. The van der Waals surface area contributed by atoms with E-state index in [2.05, 4.69) is 34.8 Å². The molecule has 0 spiro atoms. The molecule has 1 aromatic carbocycles. The molecule has 0 aliphatic carbocycles. The minimum absolute atomic E-state index is 0.00250. The highest BCUT2D eigenvalue weighted by atomic mass is 32.2. The van der Waals surface area contributed by atoms with Crippen LogP contribution in [0.15, 0.2) is 29.4 Å². The number of imidazole rings is 1. The van der Waals surface area contributed by atoms with Crippen LogP contribution in [0.4, 0.5) is 0 Å². The van der Waals surface area contributed by atoms with Crippen LogP contribution in [0.25, 0.3) is 11.0 Å². The van der Waals surface area contributed by atoms with Crippen molar-refractivity contribution in [3.8, 4) is 0 Å². The fourth-order valence-electron chi connectivity index (χ4n) is 2.44. The molecule has 1 aromatic heterocycles. The van der Waals surface area contributed by atoms with Crippen molar-refractivity contribution in [2.75, 3.05) is 19.5 Å². The summed E-state index contributed by atoms with van der Waals surface area (Å²) < 4.78 is 7.24. The number of hydrogen-bond acceptors (Lipinski definition) is 4. The fraction of sp³-hybridized carbons (Fsp3) is 0.529. The van der Waals surface area contributed by atoms with Crippen LogP contribution >= 0.6 is 11.8 Å². The van der Waals surface area contributed by atoms with Crippen molar-refractivity contribution < 1.29 is 9.53 Å². The summed E-state index contributed by atoms with van der Waals surface area (Å²) in [5.41, 5.74) is 2.10. The van der Waals surface area contributed by atoms with E-state index in [1.807, 2.05) is 25.1 Å². The first kappa shape index (κ1) is 17.8. The standard InChI is InChI=1S/C17H25N3O2S/c1-12(2)9-20-15-8-6-5-7-14(15)19-17(20)23-11-16(21)18-13(3)10-22-4/h5-8,12-13H,9-11H2,1-4H3,(H,18,21). The highest BCUT2D eigenvalue weighted by molar-refractivity contribution is 7.99. The zero-order chi connectivity index (χ0) is 16.8. The maximum Gasteiger partial charge on any atom is 0.230 e. The summed E-state index contributed by atoms with van der Waals surface area (Å²) in [6.07, 6.45) is 0. The lowest BCUT2D eigenvalue weighted by Crippen LogP contribution is -2.36. The molecule has 1 heterocycles. The SMILES string of the molecule is COCC(C)NC(=O)CSc1nc2ccccc2n1CC(C)C. The molecule has 0 radical (unpaired) electrons. The number of hydrogen-bond donors (Lipinski definition) is 1. The molecule has 0 saturated heterocycles. The van der Waals surface area contributed by atoms with Gasteiger partial charge in [-0.3, -0.25) is 4.79 Å². The topological polar surface area (TPSA) is 56.1 Å². The number of benzene rings is 1. The first-order valence-corrected chi connectivity index (χ1v) is 8.86. The van der Waals surface area contributed by atoms with Gasteiger partial charge in [-0.25, -0.2) is 4.98 Å². The molecule has 2 rings (SSSR count). The summed E-state index contributed by atoms with van der Waals surface area (Å²) >= 11 is 1.48. The molecule has 1 unspecified atom stereocenters. The number of rotatable bonds is 8. The van der Waals surface area contributed by atoms with Crippen molar-refractivity contribution in [1.82, 2.24) is 14.9 Å². The van der Waals surface area contributed by atoms with E-state index in [0.717, 1.165) is 22.7 Å². The van der Waals surface area contributed by atoms with E-state index < -0.39 is 0 Å². The van der Waals surface area contributed by atoms with Gasteiger partial charge < -0.3 is 14.6 Å². The predicted molar refractivity (Wildman–Crippen MR) is 94.8 cm³/mol. The number of carbonyl (C=O) groups excluding carboxylic acids is 1. The van der Waals surface area contributed by atoms with Crippen LogP contribution in [-0.2, 0) is 16.1 Å². The van der Waals surface area contributed by atoms with Gasteiger partial charge in [0.1, 0.15) is 0 Å². The van der Waals surface area contributed by atoms with Gasteiger partial charge in [-0.05, 0) is 25.0 Å². The average Bonchev–Trinajstić information content (AvgIpc) is 2.83. The molecule has 2 aromatic rings. The van der Waals surface area contributed by atoms with Crippen molar-refractivity contribution in [3.05, 3.63) is 24.3 Å². The molecule has 1 N–H and O–H groups in total. The molecule has 0 aliphatic rings. The zero-order valence-corrected chi connectivity index (χ0v) is 15.0. The molecule has 1 amide bonds. The highest BCUT2D eigenvalue weighted by Gasteiger charge is 2.14. The smallest absolute Gasteiger partial charge is 0.230 e. The van der Waals surface area contributed by atoms with E-state index in [0.29, 0.717) is 18.3 Å². The molecule has 6 heteroatoms. The summed E-state index contributed by atoms with van der Waals surface area (Å²) in [7, 11) is 1.63. The first-order chi connectivity index (χ1) is 11.0. The van der Waals surface area contributed by atoms with E-state index in [-0.39, 0.29) is 11.9 Å². The molecule has 23 heavy (non-hydrogen) atoms. The van der Waals surface area contributed by atoms with E-state index >= 15 is 0 Å². The number of fused-ring (bicyclic) bond motifs is 1. The largest absolute Gasteiger partial charge is 0.383 e. The van der Waals surface area contributed by atoms with Crippen molar-refractivity contribution in [2.24, 2.45) is 5.92 Å². The maximum atomic E-state index is 12.0. The second kappa shape index (κ2) is 8.36. The summed E-state index contributed by atoms with van der Waals surface area (Å²) in [5, 5.41) is 3.82. The van der Waals surface area contributed by atoms with Gasteiger partial charge in [0.25, 0.3) is 0 Å². The van der Waals surface area contributed by atoms with Crippen LogP contribution in [0, 0.1) is 5.92 Å². The Kier molecular flexibility index (Phi) is 6.47. The summed E-state index contributed by atoms with van der Waals surface area (Å²) in [4.78, 5) is 16.7. The number of thioether (sulfide) groups is 1. The van der Waals surface area contributed by atoms with E-state index in [1.165, 1.54) is 11.8 Å². The Bertz CT molecular complexity index is 654. The molecule has 5 nitrogen and oxygen atoms in total. The zero-order valence-electron chi connectivity index (χ0n) is 14.2. The lowest BCUT2D eigenvalue weighted by Gasteiger charge is -2.13. The van der Waals surface area contributed by atoms with E-state index in [4.69, 9.17) is 4.74 Å². The quantitative estimate of drug-likeness (QED) is 0.754. The van der Waals surface area contributed by atoms with Crippen molar-refractivity contribution >= 4 is 28.7 Å². The molecule has 0 aliphatic heterocycles. The molecule has 126 valence electrons. The Hall–Kier alpha value is -1.53. The third-order valence-electron chi connectivity index (χ3n) is 3.32. The van der Waals surface area contributed by atoms with Gasteiger partial charge in [-0.15, -0.1) is 0 Å². The lowest BCUT2D eigenvalue weighted by molar-refractivity contribution is -0.119. The fourth-order valence-corrected chi connectivity index (χ4v) is 3.28. The van der Waals surface area contributed by atoms with Crippen LogP contribution in [0.5, 0.6) is 0 Å². The third kappa shape index (κ3) is 4.97.